The molecule has 0 bridgehead atoms. The Morgan fingerprint density at radius 3 is 1.56 bits per heavy atom. The van der Waals surface area contributed by atoms with E-state index in [4.69, 9.17) is 10.5 Å². The monoisotopic (exact) mass is 245 g/mol. The molecule has 0 aromatic rings. The third-order valence-electron chi connectivity index (χ3n) is 1.68. The quantitative estimate of drug-likeness (QED) is 0.336. The van der Waals surface area contributed by atoms with Crippen molar-refractivity contribution in [2.45, 2.75) is 32.6 Å². The molecule has 0 aliphatic carbocycles. The molecule has 0 saturated carbocycles. The second-order valence-electron chi connectivity index (χ2n) is 4.33. The van der Waals surface area contributed by atoms with Gasteiger partial charge in [-0.15, -0.1) is 0 Å². The van der Waals surface area contributed by atoms with Gasteiger partial charge >= 0.3 is 0 Å². The molecule has 0 aliphatic heterocycles. The lowest BCUT2D eigenvalue weighted by Crippen LogP contribution is -1.92. The highest BCUT2D eigenvalue weighted by molar-refractivity contribution is 7.73. The fourth-order valence-electron chi connectivity index (χ4n) is 1.01. The van der Waals surface area contributed by atoms with Gasteiger partial charge in [0.15, 0.2) is 12.4 Å². The molecule has 0 aromatic carbocycles. The first-order chi connectivity index (χ1) is 7.39. The van der Waals surface area contributed by atoms with E-state index < -0.39 is 7.26 Å². The zero-order valence-corrected chi connectivity index (χ0v) is 11.9. The van der Waals surface area contributed by atoms with Crippen LogP contribution in [0.3, 0.4) is 0 Å². The molecule has 0 saturated heterocycles. The predicted molar refractivity (Wildman–Crippen MR) is 73.3 cm³/mol. The molecule has 0 atom stereocenters. The van der Waals surface area contributed by atoms with Gasteiger partial charge in [0.2, 0.25) is 0 Å². The standard InChI is InChI=1S/C9H22P.2CH2N2/c1-5-6-7-8-9-10(2,3)4;2*2-1-3/h5-9H2,1-4H3;2*2H2/q+1;;. The highest BCUT2D eigenvalue weighted by atomic mass is 31.2. The maximum atomic E-state index is 7.10. The Morgan fingerprint density at radius 2 is 1.31 bits per heavy atom. The molecule has 4 nitrogen and oxygen atoms in total. The van der Waals surface area contributed by atoms with Gasteiger partial charge in [0, 0.05) is 27.3 Å². The van der Waals surface area contributed by atoms with E-state index in [1.807, 2.05) is 0 Å². The van der Waals surface area contributed by atoms with E-state index in [1.165, 1.54) is 44.2 Å². The molecule has 0 radical (unpaired) electrons. The van der Waals surface area contributed by atoms with Crippen molar-refractivity contribution >= 4 is 7.26 Å². The first-order valence-corrected chi connectivity index (χ1v) is 8.71. The van der Waals surface area contributed by atoms with Crippen LogP contribution in [0.15, 0.2) is 0 Å². The summed E-state index contributed by atoms with van der Waals surface area (Å²) in [6.45, 7) is 9.56. The van der Waals surface area contributed by atoms with E-state index >= 15 is 0 Å². The number of nitrogens with two attached hydrogens (primary N) is 2. The summed E-state index contributed by atoms with van der Waals surface area (Å²) in [6.07, 6.45) is 9.70. The van der Waals surface area contributed by atoms with Crippen LogP contribution in [-0.4, -0.2) is 26.2 Å². The van der Waals surface area contributed by atoms with Crippen molar-refractivity contribution in [3.8, 4) is 12.4 Å². The van der Waals surface area contributed by atoms with Crippen LogP contribution < -0.4 is 11.5 Å². The zero-order chi connectivity index (χ0) is 13.4. The van der Waals surface area contributed by atoms with Crippen molar-refractivity contribution in [2.75, 3.05) is 26.2 Å². The lowest BCUT2D eigenvalue weighted by Gasteiger charge is -2.10. The van der Waals surface area contributed by atoms with Gasteiger partial charge in [-0.3, -0.25) is 0 Å². The molecule has 0 heterocycles. The summed E-state index contributed by atoms with van der Waals surface area (Å²) in [5.41, 5.74) is 8.31. The molecular weight excluding hydrogens is 219 g/mol. The number of nitrogens with zero attached hydrogens (tertiary/aromatic N) is 2. The van der Waals surface area contributed by atoms with Gasteiger partial charge in [0.1, 0.15) is 0 Å². The highest BCUT2D eigenvalue weighted by Gasteiger charge is 2.14. The third-order valence-corrected chi connectivity index (χ3v) is 3.34. The van der Waals surface area contributed by atoms with E-state index in [2.05, 4.69) is 38.4 Å². The van der Waals surface area contributed by atoms with Gasteiger partial charge in [-0.05, 0) is 12.8 Å². The predicted octanol–water partition coefficient (Wildman–Crippen LogP) is 2.33. The van der Waals surface area contributed by atoms with Gasteiger partial charge in [0.05, 0.1) is 6.16 Å². The van der Waals surface area contributed by atoms with Crippen molar-refractivity contribution in [1.82, 2.24) is 0 Å². The van der Waals surface area contributed by atoms with Crippen molar-refractivity contribution in [3.05, 3.63) is 0 Å². The van der Waals surface area contributed by atoms with Crippen LogP contribution in [-0.2, 0) is 0 Å². The molecule has 16 heavy (non-hydrogen) atoms. The zero-order valence-electron chi connectivity index (χ0n) is 11.0. The van der Waals surface area contributed by atoms with Gasteiger partial charge in [-0.2, -0.15) is 10.5 Å². The van der Waals surface area contributed by atoms with Crippen molar-refractivity contribution in [2.24, 2.45) is 11.5 Å². The lowest BCUT2D eigenvalue weighted by molar-refractivity contribution is 0.704. The van der Waals surface area contributed by atoms with E-state index in [1.54, 1.807) is 0 Å². The van der Waals surface area contributed by atoms with E-state index in [9.17, 15) is 0 Å². The van der Waals surface area contributed by atoms with Gasteiger partial charge in [-0.25, -0.2) is 0 Å². The summed E-state index contributed by atoms with van der Waals surface area (Å²) in [6, 6.07) is 0. The molecule has 0 spiro atoms. The summed E-state index contributed by atoms with van der Waals surface area (Å²) in [5.74, 6) is 0. The van der Waals surface area contributed by atoms with Crippen molar-refractivity contribution in [1.29, 1.82) is 10.5 Å². The maximum absolute atomic E-state index is 7.10. The normalized spacial score (nSPS) is 8.38. The second kappa shape index (κ2) is 16.4. The summed E-state index contributed by atoms with van der Waals surface area (Å²) in [7, 11) is -0.456. The van der Waals surface area contributed by atoms with Crippen LogP contribution in [0.5, 0.6) is 0 Å². The Hall–Kier alpha value is -0.990. The first-order valence-electron chi connectivity index (χ1n) is 5.39. The number of hydrogen-bond donors (Lipinski definition) is 2. The molecule has 94 valence electrons. The van der Waals surface area contributed by atoms with Gasteiger partial charge in [-0.1, -0.05) is 19.8 Å². The first kappa shape index (κ1) is 20.4. The fourth-order valence-corrected chi connectivity index (χ4v) is 2.19. The van der Waals surface area contributed by atoms with Crippen molar-refractivity contribution < 1.29 is 0 Å². The maximum Gasteiger partial charge on any atom is 0.173 e. The van der Waals surface area contributed by atoms with Crippen LogP contribution in [0.4, 0.5) is 0 Å². The van der Waals surface area contributed by atoms with Crippen LogP contribution in [0, 0.1) is 22.9 Å². The fraction of sp³-hybridized carbons (Fsp3) is 0.818. The number of unbranched alkanes of at least 4 members (excludes halogenated alkanes) is 3. The molecule has 4 N–H and O–H groups in total. The Bertz CT molecular complexity index is 186. The summed E-state index contributed by atoms with van der Waals surface area (Å²) in [5, 5.41) is 14.2. The summed E-state index contributed by atoms with van der Waals surface area (Å²) in [4.78, 5) is 0. The Balaban J connectivity index is -0.000000235. The second-order valence-corrected chi connectivity index (χ2v) is 9.36. The van der Waals surface area contributed by atoms with Gasteiger partial charge in [0.25, 0.3) is 0 Å². The average Bonchev–Trinajstić information content (AvgIpc) is 2.14. The Labute approximate surface area is 101 Å². The molecule has 0 aromatic heterocycles. The van der Waals surface area contributed by atoms with Gasteiger partial charge < -0.3 is 11.5 Å². The molecule has 5 heteroatoms. The summed E-state index contributed by atoms with van der Waals surface area (Å²) < 4.78 is 0. The summed E-state index contributed by atoms with van der Waals surface area (Å²) >= 11 is 0. The Kier molecular flexibility index (Phi) is 21.0. The SMILES string of the molecule is CCCCCC[P+](C)(C)C.N#CN.N#CN. The largest absolute Gasteiger partial charge is 0.337 e. The average molecular weight is 245 g/mol. The number of rotatable bonds is 5. The minimum atomic E-state index is -0.456. The lowest BCUT2D eigenvalue weighted by atomic mass is 10.2. The minimum Gasteiger partial charge on any atom is -0.337 e. The van der Waals surface area contributed by atoms with Crippen LogP contribution in [0.1, 0.15) is 32.6 Å². The molecule has 0 rings (SSSR count). The van der Waals surface area contributed by atoms with Crippen LogP contribution in [0.2, 0.25) is 0 Å². The van der Waals surface area contributed by atoms with E-state index in [0.717, 1.165) is 0 Å². The van der Waals surface area contributed by atoms with E-state index in [0.29, 0.717) is 0 Å². The third kappa shape index (κ3) is 52.0. The number of nitriles is 2. The van der Waals surface area contributed by atoms with Crippen molar-refractivity contribution in [3.63, 3.8) is 0 Å². The topological polar surface area (TPSA) is 99.6 Å². The van der Waals surface area contributed by atoms with E-state index in [-0.39, 0.29) is 0 Å². The molecule has 0 fully saturated rings. The Morgan fingerprint density at radius 1 is 0.938 bits per heavy atom. The molecule has 0 unspecified atom stereocenters. The molecule has 0 aliphatic rings. The smallest absolute Gasteiger partial charge is 0.173 e. The molecule has 0 amide bonds. The molecular formula is C11H26N4P+. The van der Waals surface area contributed by atoms with Crippen LogP contribution >= 0.6 is 7.26 Å². The number of hydrogen-bond acceptors (Lipinski definition) is 4. The minimum absolute atomic E-state index is 0.456. The van der Waals surface area contributed by atoms with Crippen LogP contribution in [0.25, 0.3) is 0 Å². The highest BCUT2D eigenvalue weighted by Crippen LogP contribution is 2.47.